The minimum atomic E-state index is 0.486. The molecule has 2 nitrogen and oxygen atoms in total. The number of aromatic nitrogens is 2. The number of benzene rings is 1. The van der Waals surface area contributed by atoms with E-state index in [0.29, 0.717) is 5.92 Å². The third-order valence-corrected chi connectivity index (χ3v) is 3.51. The minimum absolute atomic E-state index is 0.486. The highest BCUT2D eigenvalue weighted by Crippen LogP contribution is 2.27. The predicted octanol–water partition coefficient (Wildman–Crippen LogP) is 4.96. The van der Waals surface area contributed by atoms with Gasteiger partial charge in [-0.25, -0.2) is 4.98 Å². The molecule has 0 aliphatic heterocycles. The average molecular weight is 276 g/mol. The van der Waals surface area contributed by atoms with Gasteiger partial charge in [-0.2, -0.15) is 0 Å². The van der Waals surface area contributed by atoms with Crippen molar-refractivity contribution in [1.29, 1.82) is 0 Å². The van der Waals surface area contributed by atoms with Gasteiger partial charge < -0.3 is 4.98 Å². The van der Waals surface area contributed by atoms with Crippen LogP contribution in [0.3, 0.4) is 0 Å². The van der Waals surface area contributed by atoms with Gasteiger partial charge in [-0.15, -0.1) is 0 Å². The molecule has 1 N–H and O–H groups in total. The molecule has 0 radical (unpaired) electrons. The van der Waals surface area contributed by atoms with Crippen molar-refractivity contribution in [3.63, 3.8) is 0 Å². The van der Waals surface area contributed by atoms with Crippen molar-refractivity contribution < 1.29 is 0 Å². The van der Waals surface area contributed by atoms with Crippen LogP contribution in [0.1, 0.15) is 30.7 Å². The number of fused-ring (bicyclic) bond motifs is 1. The van der Waals surface area contributed by atoms with Crippen LogP contribution in [0.25, 0.3) is 16.6 Å². The Hall–Kier alpha value is -2.35. The van der Waals surface area contributed by atoms with Crippen molar-refractivity contribution >= 4 is 16.6 Å². The zero-order valence-corrected chi connectivity index (χ0v) is 12.7. The second-order valence-electron chi connectivity index (χ2n) is 5.82. The number of pyridine rings is 1. The number of allylic oxidation sites excluding steroid dienone is 1. The van der Waals surface area contributed by atoms with Crippen molar-refractivity contribution in [1.82, 2.24) is 9.97 Å². The Bertz CT molecular complexity index is 761. The smallest absolute Gasteiger partial charge is 0.137 e. The molecule has 0 aliphatic carbocycles. The third-order valence-electron chi connectivity index (χ3n) is 3.51. The Balaban J connectivity index is 2.16. The molecule has 0 unspecified atom stereocenters. The summed E-state index contributed by atoms with van der Waals surface area (Å²) in [6, 6.07) is 14.9. The molecule has 0 aliphatic rings. The van der Waals surface area contributed by atoms with E-state index in [4.69, 9.17) is 0 Å². The second-order valence-corrected chi connectivity index (χ2v) is 5.82. The summed E-state index contributed by atoms with van der Waals surface area (Å²) in [6.45, 7) is 6.54. The number of hydrogen-bond donors (Lipinski definition) is 1. The van der Waals surface area contributed by atoms with Crippen LogP contribution in [-0.2, 0) is 0 Å². The quantitative estimate of drug-likeness (QED) is 0.719. The molecule has 0 saturated heterocycles. The van der Waals surface area contributed by atoms with E-state index in [1.54, 1.807) is 0 Å². The van der Waals surface area contributed by atoms with Crippen LogP contribution in [0.4, 0.5) is 0 Å². The SMILES string of the molecule is Cc1cccc(/C(=C\C(C)C)c2cc3cccnc3[nH]2)c1. The molecular weight excluding hydrogens is 256 g/mol. The van der Waals surface area contributed by atoms with Crippen molar-refractivity contribution in [2.75, 3.05) is 0 Å². The third kappa shape index (κ3) is 2.89. The fourth-order valence-corrected chi connectivity index (χ4v) is 2.59. The molecule has 0 atom stereocenters. The maximum Gasteiger partial charge on any atom is 0.137 e. The molecule has 2 heteroatoms. The van der Waals surface area contributed by atoms with Crippen molar-refractivity contribution in [2.24, 2.45) is 5.92 Å². The van der Waals surface area contributed by atoms with E-state index in [1.807, 2.05) is 12.3 Å². The van der Waals surface area contributed by atoms with Gasteiger partial charge in [0.05, 0.1) is 0 Å². The molecule has 1 aromatic carbocycles. The average Bonchev–Trinajstić information content (AvgIpc) is 2.88. The van der Waals surface area contributed by atoms with Crippen LogP contribution in [0.5, 0.6) is 0 Å². The van der Waals surface area contributed by atoms with Gasteiger partial charge in [0, 0.05) is 22.9 Å². The molecule has 3 rings (SSSR count). The Morgan fingerprint density at radius 1 is 1.14 bits per heavy atom. The molecule has 0 amide bonds. The molecule has 106 valence electrons. The first-order valence-electron chi connectivity index (χ1n) is 7.36. The molecule has 21 heavy (non-hydrogen) atoms. The van der Waals surface area contributed by atoms with Gasteiger partial charge >= 0.3 is 0 Å². The maximum absolute atomic E-state index is 4.39. The number of aryl methyl sites for hydroxylation is 1. The molecule has 2 aromatic heterocycles. The monoisotopic (exact) mass is 276 g/mol. The van der Waals surface area contributed by atoms with Crippen LogP contribution in [0, 0.1) is 12.8 Å². The lowest BCUT2D eigenvalue weighted by Gasteiger charge is -2.09. The first kappa shape index (κ1) is 13.6. The van der Waals surface area contributed by atoms with E-state index in [2.05, 4.69) is 73.2 Å². The van der Waals surface area contributed by atoms with Crippen LogP contribution >= 0.6 is 0 Å². The van der Waals surface area contributed by atoms with Gasteiger partial charge in [0.1, 0.15) is 5.65 Å². The summed E-state index contributed by atoms with van der Waals surface area (Å²) in [4.78, 5) is 7.83. The summed E-state index contributed by atoms with van der Waals surface area (Å²) in [7, 11) is 0. The van der Waals surface area contributed by atoms with Crippen molar-refractivity contribution in [2.45, 2.75) is 20.8 Å². The second kappa shape index (κ2) is 5.57. The zero-order valence-electron chi connectivity index (χ0n) is 12.7. The van der Waals surface area contributed by atoms with Gasteiger partial charge in [-0.3, -0.25) is 0 Å². The lowest BCUT2D eigenvalue weighted by atomic mass is 9.97. The normalized spacial score (nSPS) is 12.3. The topological polar surface area (TPSA) is 28.7 Å². The fraction of sp³-hybridized carbons (Fsp3) is 0.211. The van der Waals surface area contributed by atoms with E-state index in [0.717, 1.165) is 16.7 Å². The van der Waals surface area contributed by atoms with Crippen molar-refractivity contribution in [3.05, 3.63) is 71.6 Å². The number of aromatic amines is 1. The summed E-state index contributed by atoms with van der Waals surface area (Å²) >= 11 is 0. The molecule has 0 fully saturated rings. The summed E-state index contributed by atoms with van der Waals surface area (Å²) in [5.74, 6) is 0.486. The molecule has 0 spiro atoms. The highest BCUT2D eigenvalue weighted by molar-refractivity contribution is 5.86. The van der Waals surface area contributed by atoms with Gasteiger partial charge in [-0.05, 0) is 36.6 Å². The van der Waals surface area contributed by atoms with Crippen LogP contribution in [-0.4, -0.2) is 9.97 Å². The van der Waals surface area contributed by atoms with Gasteiger partial charge in [0.25, 0.3) is 0 Å². The van der Waals surface area contributed by atoms with Gasteiger partial charge in [-0.1, -0.05) is 49.8 Å². The van der Waals surface area contributed by atoms with Crippen LogP contribution < -0.4 is 0 Å². The van der Waals surface area contributed by atoms with Crippen LogP contribution in [0.15, 0.2) is 54.7 Å². The Kier molecular flexibility index (Phi) is 3.61. The Morgan fingerprint density at radius 3 is 2.71 bits per heavy atom. The summed E-state index contributed by atoms with van der Waals surface area (Å²) in [6.07, 6.45) is 4.13. The molecule has 2 heterocycles. The van der Waals surface area contributed by atoms with Gasteiger partial charge in [0.15, 0.2) is 0 Å². The molecular formula is C19H20N2. The van der Waals surface area contributed by atoms with E-state index in [9.17, 15) is 0 Å². The number of nitrogens with zero attached hydrogens (tertiary/aromatic N) is 1. The Labute approximate surface area is 125 Å². The van der Waals surface area contributed by atoms with E-state index >= 15 is 0 Å². The van der Waals surface area contributed by atoms with Crippen LogP contribution in [0.2, 0.25) is 0 Å². The largest absolute Gasteiger partial charge is 0.339 e. The molecule has 3 aromatic rings. The summed E-state index contributed by atoms with van der Waals surface area (Å²) in [5.41, 5.74) is 5.83. The fourth-order valence-electron chi connectivity index (χ4n) is 2.59. The minimum Gasteiger partial charge on any atom is -0.339 e. The number of H-pyrrole nitrogens is 1. The lowest BCUT2D eigenvalue weighted by Crippen LogP contribution is -1.92. The molecule has 0 bridgehead atoms. The molecule has 0 saturated carbocycles. The first-order valence-corrected chi connectivity index (χ1v) is 7.36. The van der Waals surface area contributed by atoms with E-state index in [-0.39, 0.29) is 0 Å². The highest BCUT2D eigenvalue weighted by atomic mass is 14.9. The van der Waals surface area contributed by atoms with E-state index < -0.39 is 0 Å². The number of hydrogen-bond acceptors (Lipinski definition) is 1. The zero-order chi connectivity index (χ0) is 14.8. The maximum atomic E-state index is 4.39. The summed E-state index contributed by atoms with van der Waals surface area (Å²) in [5, 5.41) is 1.15. The number of nitrogens with one attached hydrogen (secondary N) is 1. The van der Waals surface area contributed by atoms with Gasteiger partial charge in [0.2, 0.25) is 0 Å². The van der Waals surface area contributed by atoms with E-state index in [1.165, 1.54) is 16.7 Å². The van der Waals surface area contributed by atoms with Crippen molar-refractivity contribution in [3.8, 4) is 0 Å². The predicted molar refractivity (Wildman–Crippen MR) is 89.2 cm³/mol. The first-order chi connectivity index (χ1) is 10.1. The summed E-state index contributed by atoms with van der Waals surface area (Å²) < 4.78 is 0. The highest BCUT2D eigenvalue weighted by Gasteiger charge is 2.10. The lowest BCUT2D eigenvalue weighted by molar-refractivity contribution is 0.833. The standard InChI is InChI=1S/C19H20N2/c1-13(2)10-17(15-7-4-6-14(3)11-15)18-12-16-8-5-9-20-19(16)21-18/h4-13H,1-3H3,(H,20,21)/b17-10+. The Morgan fingerprint density at radius 2 is 2.00 bits per heavy atom. The number of rotatable bonds is 3.